The summed E-state index contributed by atoms with van der Waals surface area (Å²) in [7, 11) is 1.32. The van der Waals surface area contributed by atoms with Gasteiger partial charge in [-0.1, -0.05) is 18.2 Å². The number of aliphatic imine (C=N–C) groups is 1. The van der Waals surface area contributed by atoms with Gasteiger partial charge < -0.3 is 19.8 Å². The Balaban J connectivity index is 2.03. The van der Waals surface area contributed by atoms with Gasteiger partial charge in [0.05, 0.1) is 20.2 Å². The number of carbonyl (C=O) groups is 1. The maximum Gasteiger partial charge on any atom is 0.341 e. The van der Waals surface area contributed by atoms with E-state index in [1.807, 2.05) is 6.92 Å². The Kier molecular flexibility index (Phi) is 6.56. The van der Waals surface area contributed by atoms with Crippen LogP contribution in [0.1, 0.15) is 34.4 Å². The molecule has 1 heterocycles. The Morgan fingerprint density at radius 2 is 2.08 bits per heavy atom. The first-order valence-corrected chi connectivity index (χ1v) is 7.98. The van der Waals surface area contributed by atoms with E-state index in [0.29, 0.717) is 41.7 Å². The number of carbonyl (C=O) groups excluding carboxylic acids is 1. The average Bonchev–Trinajstić information content (AvgIpc) is 2.98. The number of nitrogens with zero attached hydrogens (tertiary/aromatic N) is 1. The Morgan fingerprint density at radius 3 is 2.76 bits per heavy atom. The van der Waals surface area contributed by atoms with Crippen molar-refractivity contribution in [2.45, 2.75) is 26.9 Å². The molecule has 25 heavy (non-hydrogen) atoms. The van der Waals surface area contributed by atoms with Crippen molar-refractivity contribution in [1.29, 1.82) is 0 Å². The van der Waals surface area contributed by atoms with Gasteiger partial charge >= 0.3 is 5.97 Å². The molecule has 0 bridgehead atoms. The largest absolute Gasteiger partial charge is 0.465 e. The van der Waals surface area contributed by atoms with Crippen molar-refractivity contribution in [1.82, 2.24) is 10.6 Å². The van der Waals surface area contributed by atoms with Gasteiger partial charge in [-0.05, 0) is 26.0 Å². The lowest BCUT2D eigenvalue weighted by Crippen LogP contribution is -2.36. The van der Waals surface area contributed by atoms with E-state index in [4.69, 9.17) is 9.15 Å². The summed E-state index contributed by atoms with van der Waals surface area (Å²) >= 11 is 0. The zero-order chi connectivity index (χ0) is 18.2. The first-order valence-electron chi connectivity index (χ1n) is 7.98. The number of esters is 1. The van der Waals surface area contributed by atoms with Crippen LogP contribution >= 0.6 is 0 Å². The summed E-state index contributed by atoms with van der Waals surface area (Å²) in [6.07, 6.45) is 0. The van der Waals surface area contributed by atoms with Crippen LogP contribution in [0.4, 0.5) is 4.39 Å². The topological polar surface area (TPSA) is 75.9 Å². The quantitative estimate of drug-likeness (QED) is 0.477. The number of benzene rings is 1. The van der Waals surface area contributed by atoms with E-state index in [2.05, 4.69) is 15.6 Å². The highest BCUT2D eigenvalue weighted by atomic mass is 19.1. The van der Waals surface area contributed by atoms with E-state index in [0.717, 1.165) is 0 Å². The second-order valence-corrected chi connectivity index (χ2v) is 5.31. The molecule has 0 saturated carbocycles. The molecule has 1 aromatic carbocycles. The summed E-state index contributed by atoms with van der Waals surface area (Å²) < 4.78 is 23.9. The number of furan rings is 1. The van der Waals surface area contributed by atoms with Crippen LogP contribution in [0.25, 0.3) is 0 Å². The Labute approximate surface area is 146 Å². The van der Waals surface area contributed by atoms with Crippen molar-refractivity contribution in [3.8, 4) is 0 Å². The summed E-state index contributed by atoms with van der Waals surface area (Å²) in [6.45, 7) is 4.85. The number of guanidine groups is 1. The van der Waals surface area contributed by atoms with E-state index < -0.39 is 5.97 Å². The summed E-state index contributed by atoms with van der Waals surface area (Å²) in [6, 6.07) is 8.15. The summed E-state index contributed by atoms with van der Waals surface area (Å²) in [5.41, 5.74) is 0.911. The summed E-state index contributed by atoms with van der Waals surface area (Å²) in [5.74, 6) is 0.880. The zero-order valence-electron chi connectivity index (χ0n) is 14.6. The first kappa shape index (κ1) is 18.5. The Bertz CT molecular complexity index is 756. The third-order valence-corrected chi connectivity index (χ3v) is 3.51. The zero-order valence-corrected chi connectivity index (χ0v) is 14.6. The van der Waals surface area contributed by atoms with Gasteiger partial charge in [0.25, 0.3) is 0 Å². The minimum atomic E-state index is -0.437. The number of halogens is 1. The van der Waals surface area contributed by atoms with Crippen molar-refractivity contribution < 1.29 is 18.3 Å². The van der Waals surface area contributed by atoms with E-state index in [1.165, 1.54) is 13.2 Å². The molecule has 1 aromatic heterocycles. The highest BCUT2D eigenvalue weighted by Gasteiger charge is 2.15. The lowest BCUT2D eigenvalue weighted by Gasteiger charge is -2.10. The maximum absolute atomic E-state index is 13.7. The number of hydrogen-bond donors (Lipinski definition) is 2. The molecule has 2 rings (SSSR count). The number of rotatable bonds is 6. The van der Waals surface area contributed by atoms with Crippen LogP contribution in [0, 0.1) is 12.7 Å². The van der Waals surface area contributed by atoms with E-state index in [-0.39, 0.29) is 12.4 Å². The fourth-order valence-electron chi connectivity index (χ4n) is 2.25. The minimum absolute atomic E-state index is 0.215. The van der Waals surface area contributed by atoms with Gasteiger partial charge in [0, 0.05) is 12.1 Å². The highest BCUT2D eigenvalue weighted by Crippen LogP contribution is 2.15. The fraction of sp³-hybridized carbons (Fsp3) is 0.333. The normalized spacial score (nSPS) is 11.3. The van der Waals surface area contributed by atoms with E-state index >= 15 is 0 Å². The highest BCUT2D eigenvalue weighted by molar-refractivity contribution is 5.90. The Morgan fingerprint density at radius 1 is 1.32 bits per heavy atom. The lowest BCUT2D eigenvalue weighted by atomic mass is 10.2. The number of methoxy groups -OCH3 is 1. The van der Waals surface area contributed by atoms with Crippen LogP contribution in [-0.4, -0.2) is 25.6 Å². The van der Waals surface area contributed by atoms with E-state index in [9.17, 15) is 9.18 Å². The van der Waals surface area contributed by atoms with Crippen molar-refractivity contribution in [3.63, 3.8) is 0 Å². The standard InChI is InChI=1S/C18H22FN3O3/c1-4-20-18(21-10-13-7-5-6-8-16(13)19)22-11-14-9-15(12(2)25-14)17(23)24-3/h5-9H,4,10-11H2,1-3H3,(H2,20,21,22). The molecule has 0 radical (unpaired) electrons. The molecule has 0 fully saturated rings. The van der Waals surface area contributed by atoms with Gasteiger partial charge in [0.15, 0.2) is 5.96 Å². The van der Waals surface area contributed by atoms with Crippen molar-refractivity contribution in [2.75, 3.05) is 13.7 Å². The van der Waals surface area contributed by atoms with Gasteiger partial charge in [-0.25, -0.2) is 14.2 Å². The molecule has 2 N–H and O–H groups in total. The van der Waals surface area contributed by atoms with Crippen molar-refractivity contribution in [2.24, 2.45) is 4.99 Å². The minimum Gasteiger partial charge on any atom is -0.465 e. The SMILES string of the molecule is CCNC(=NCc1ccccc1F)NCc1cc(C(=O)OC)c(C)o1. The molecular formula is C18H22FN3O3. The van der Waals surface area contributed by atoms with Crippen LogP contribution < -0.4 is 10.6 Å². The van der Waals surface area contributed by atoms with E-state index in [1.54, 1.807) is 31.2 Å². The number of hydrogen-bond acceptors (Lipinski definition) is 4. The number of ether oxygens (including phenoxy) is 1. The molecule has 0 aliphatic rings. The predicted octanol–water partition coefficient (Wildman–Crippen LogP) is 2.77. The molecular weight excluding hydrogens is 325 g/mol. The van der Waals surface area contributed by atoms with Crippen LogP contribution in [0.3, 0.4) is 0 Å². The van der Waals surface area contributed by atoms with Gasteiger partial charge in [-0.15, -0.1) is 0 Å². The van der Waals surface area contributed by atoms with Gasteiger partial charge in [-0.3, -0.25) is 0 Å². The third kappa shape index (κ3) is 5.07. The predicted molar refractivity (Wildman–Crippen MR) is 92.8 cm³/mol. The Hall–Kier alpha value is -2.83. The molecule has 0 atom stereocenters. The molecule has 0 spiro atoms. The molecule has 7 heteroatoms. The van der Waals surface area contributed by atoms with Crippen molar-refractivity contribution >= 4 is 11.9 Å². The van der Waals surface area contributed by atoms with Crippen molar-refractivity contribution in [3.05, 3.63) is 58.8 Å². The molecule has 2 aromatic rings. The van der Waals surface area contributed by atoms with Gasteiger partial charge in [0.2, 0.25) is 0 Å². The fourth-order valence-corrected chi connectivity index (χ4v) is 2.25. The molecule has 134 valence electrons. The third-order valence-electron chi connectivity index (χ3n) is 3.51. The molecule has 0 saturated heterocycles. The first-order chi connectivity index (χ1) is 12.0. The lowest BCUT2D eigenvalue weighted by molar-refractivity contribution is 0.0599. The summed E-state index contributed by atoms with van der Waals surface area (Å²) in [5, 5.41) is 6.18. The maximum atomic E-state index is 13.7. The van der Waals surface area contributed by atoms with Gasteiger partial charge in [-0.2, -0.15) is 0 Å². The van der Waals surface area contributed by atoms with Gasteiger partial charge in [0.1, 0.15) is 22.9 Å². The number of nitrogens with one attached hydrogen (secondary N) is 2. The molecule has 0 amide bonds. The second-order valence-electron chi connectivity index (χ2n) is 5.31. The van der Waals surface area contributed by atoms with Crippen LogP contribution in [0.5, 0.6) is 0 Å². The average molecular weight is 347 g/mol. The van der Waals surface area contributed by atoms with Crippen LogP contribution in [0.15, 0.2) is 39.7 Å². The molecule has 0 unspecified atom stereocenters. The molecule has 0 aliphatic heterocycles. The molecule has 6 nitrogen and oxygen atoms in total. The van der Waals surface area contributed by atoms with Crippen LogP contribution in [0.2, 0.25) is 0 Å². The smallest absolute Gasteiger partial charge is 0.341 e. The van der Waals surface area contributed by atoms with Crippen LogP contribution in [-0.2, 0) is 17.8 Å². The summed E-state index contributed by atoms with van der Waals surface area (Å²) in [4.78, 5) is 16.0. The molecule has 0 aliphatic carbocycles. The monoisotopic (exact) mass is 347 g/mol. The second kappa shape index (κ2) is 8.86. The number of aryl methyl sites for hydroxylation is 1.